The summed E-state index contributed by atoms with van der Waals surface area (Å²) < 4.78 is 9.58. The lowest BCUT2D eigenvalue weighted by Crippen LogP contribution is -2.50. The van der Waals surface area contributed by atoms with Gasteiger partial charge in [-0.15, -0.1) is 0 Å². The number of carbonyl (C=O) groups excluding carboxylic acids is 4. The highest BCUT2D eigenvalue weighted by Crippen LogP contribution is 2.43. The van der Waals surface area contributed by atoms with E-state index < -0.39 is 47.7 Å². The Hall–Kier alpha value is -4.05. The van der Waals surface area contributed by atoms with Crippen molar-refractivity contribution in [3.8, 4) is 6.07 Å². The number of benzene rings is 2. The molecule has 0 spiro atoms. The van der Waals surface area contributed by atoms with Crippen molar-refractivity contribution < 1.29 is 28.7 Å². The maximum absolute atomic E-state index is 13.9. The van der Waals surface area contributed by atoms with E-state index in [0.29, 0.717) is 0 Å². The van der Waals surface area contributed by atoms with E-state index in [1.165, 1.54) is 24.3 Å². The van der Waals surface area contributed by atoms with Crippen molar-refractivity contribution in [1.82, 2.24) is 0 Å². The normalized spacial score (nSPS) is 11.5. The van der Waals surface area contributed by atoms with E-state index in [0.717, 1.165) is 14.2 Å². The minimum Gasteiger partial charge on any atom is -0.469 e. The molecule has 7 heteroatoms. The summed E-state index contributed by atoms with van der Waals surface area (Å²) in [6, 6.07) is 17.7. The molecule has 0 radical (unpaired) electrons. The maximum Gasteiger partial charge on any atom is 0.333 e. The van der Waals surface area contributed by atoms with E-state index in [2.05, 4.69) is 6.58 Å². The number of hydrogen-bond acceptors (Lipinski definition) is 7. The molecule has 0 aromatic heterocycles. The van der Waals surface area contributed by atoms with Crippen LogP contribution in [0.25, 0.3) is 0 Å². The van der Waals surface area contributed by atoms with Crippen LogP contribution in [0.5, 0.6) is 0 Å². The van der Waals surface area contributed by atoms with Crippen LogP contribution in [-0.4, -0.2) is 37.7 Å². The minimum atomic E-state index is -2.16. The van der Waals surface area contributed by atoms with Gasteiger partial charge in [-0.1, -0.05) is 67.2 Å². The number of hydrogen-bond donors (Lipinski definition) is 0. The number of nitriles is 1. The topological polar surface area (TPSA) is 111 Å². The molecular formula is C25H23NO6. The monoisotopic (exact) mass is 433 g/mol. The summed E-state index contributed by atoms with van der Waals surface area (Å²) in [4.78, 5) is 52.9. The molecule has 0 aliphatic rings. The van der Waals surface area contributed by atoms with Crippen molar-refractivity contribution in [2.24, 2.45) is 11.3 Å². The molecule has 1 atom stereocenters. The van der Waals surface area contributed by atoms with E-state index in [4.69, 9.17) is 9.47 Å². The van der Waals surface area contributed by atoms with Crippen molar-refractivity contribution in [3.05, 3.63) is 83.9 Å². The van der Waals surface area contributed by atoms with Crippen molar-refractivity contribution in [2.45, 2.75) is 12.8 Å². The van der Waals surface area contributed by atoms with Crippen LogP contribution in [0.2, 0.25) is 0 Å². The first kappa shape index (κ1) is 24.2. The van der Waals surface area contributed by atoms with Crippen LogP contribution in [0.1, 0.15) is 33.6 Å². The molecule has 0 N–H and O–H groups in total. The smallest absolute Gasteiger partial charge is 0.333 e. The van der Waals surface area contributed by atoms with E-state index in [-0.39, 0.29) is 16.7 Å². The van der Waals surface area contributed by atoms with Gasteiger partial charge >= 0.3 is 11.9 Å². The first-order valence-electron chi connectivity index (χ1n) is 9.74. The van der Waals surface area contributed by atoms with Gasteiger partial charge in [-0.3, -0.25) is 14.4 Å². The summed E-state index contributed by atoms with van der Waals surface area (Å²) in [5, 5.41) is 9.44. The lowest BCUT2D eigenvalue weighted by atomic mass is 9.61. The van der Waals surface area contributed by atoms with Gasteiger partial charge in [-0.05, 0) is 0 Å². The van der Waals surface area contributed by atoms with Crippen LogP contribution in [0, 0.1) is 22.7 Å². The highest BCUT2D eigenvalue weighted by Gasteiger charge is 2.56. The summed E-state index contributed by atoms with van der Waals surface area (Å²) in [7, 11) is 2.24. The highest BCUT2D eigenvalue weighted by atomic mass is 16.5. The Balaban J connectivity index is 2.87. The molecular weight excluding hydrogens is 410 g/mol. The van der Waals surface area contributed by atoms with Gasteiger partial charge in [-0.2, -0.15) is 5.26 Å². The predicted octanol–water partition coefficient (Wildman–Crippen LogP) is 3.56. The van der Waals surface area contributed by atoms with Crippen LogP contribution < -0.4 is 0 Å². The third kappa shape index (κ3) is 4.81. The van der Waals surface area contributed by atoms with Gasteiger partial charge in [0.15, 0.2) is 11.6 Å². The second-order valence-corrected chi connectivity index (χ2v) is 7.07. The molecule has 164 valence electrons. The fourth-order valence-corrected chi connectivity index (χ4v) is 3.64. The molecule has 0 saturated heterocycles. The molecule has 2 aromatic carbocycles. The summed E-state index contributed by atoms with van der Waals surface area (Å²) in [6.07, 6.45) is -1.01. The fraction of sp³-hybridized carbons (Fsp3) is 0.240. The number of nitrogens with zero attached hydrogens (tertiary/aromatic N) is 1. The molecule has 2 aromatic rings. The molecule has 0 heterocycles. The van der Waals surface area contributed by atoms with Gasteiger partial charge in [0.2, 0.25) is 0 Å². The lowest BCUT2D eigenvalue weighted by Gasteiger charge is -2.36. The Kier molecular flexibility index (Phi) is 8.19. The number of ketones is 2. The van der Waals surface area contributed by atoms with E-state index in [1.54, 1.807) is 36.4 Å². The van der Waals surface area contributed by atoms with Crippen molar-refractivity contribution >= 4 is 23.5 Å². The molecule has 7 nitrogen and oxygen atoms in total. The Morgan fingerprint density at radius 1 is 0.906 bits per heavy atom. The highest BCUT2D eigenvalue weighted by molar-refractivity contribution is 6.22. The summed E-state index contributed by atoms with van der Waals surface area (Å²) in [6.45, 7) is 3.68. The number of methoxy groups -OCH3 is 2. The van der Waals surface area contributed by atoms with Crippen LogP contribution >= 0.6 is 0 Å². The van der Waals surface area contributed by atoms with E-state index in [9.17, 15) is 24.4 Å². The zero-order valence-electron chi connectivity index (χ0n) is 17.9. The van der Waals surface area contributed by atoms with Crippen molar-refractivity contribution in [1.29, 1.82) is 5.26 Å². The average molecular weight is 433 g/mol. The van der Waals surface area contributed by atoms with Gasteiger partial charge < -0.3 is 9.47 Å². The Labute approximate surface area is 186 Å². The van der Waals surface area contributed by atoms with E-state index >= 15 is 0 Å². The Bertz CT molecular complexity index is 1000. The quantitative estimate of drug-likeness (QED) is 0.244. The SMILES string of the molecule is C=C(CC(C(=O)c1ccccc1)(C(=O)c1ccccc1)C(CC#N)C(=O)OC)C(=O)OC. The second kappa shape index (κ2) is 10.8. The third-order valence-electron chi connectivity index (χ3n) is 5.22. The van der Waals surface area contributed by atoms with Gasteiger partial charge in [0, 0.05) is 29.5 Å². The van der Waals surface area contributed by atoms with Gasteiger partial charge in [0.05, 0.1) is 26.2 Å². The number of Topliss-reactive ketones (excluding diaryl/α,β-unsaturated/α-hetero) is 2. The van der Waals surface area contributed by atoms with Crippen LogP contribution in [0.3, 0.4) is 0 Å². The minimum absolute atomic E-state index is 0.140. The molecule has 0 bridgehead atoms. The first-order chi connectivity index (χ1) is 15.3. The number of rotatable bonds is 10. The molecule has 0 aliphatic carbocycles. The Morgan fingerprint density at radius 2 is 1.38 bits per heavy atom. The largest absolute Gasteiger partial charge is 0.469 e. The molecule has 1 unspecified atom stereocenters. The number of ether oxygens (including phenoxy) is 2. The molecule has 0 amide bonds. The second-order valence-electron chi connectivity index (χ2n) is 7.07. The summed E-state index contributed by atoms with van der Waals surface area (Å²) in [5.74, 6) is -4.68. The molecule has 32 heavy (non-hydrogen) atoms. The molecule has 0 fully saturated rings. The van der Waals surface area contributed by atoms with Crippen LogP contribution in [0.4, 0.5) is 0 Å². The van der Waals surface area contributed by atoms with Crippen molar-refractivity contribution in [3.63, 3.8) is 0 Å². The average Bonchev–Trinajstić information content (AvgIpc) is 2.85. The lowest BCUT2D eigenvalue weighted by molar-refractivity contribution is -0.148. The zero-order valence-corrected chi connectivity index (χ0v) is 17.9. The summed E-state index contributed by atoms with van der Waals surface area (Å²) in [5.41, 5.74) is -2.06. The van der Waals surface area contributed by atoms with Gasteiger partial charge in [0.25, 0.3) is 0 Å². The van der Waals surface area contributed by atoms with Crippen molar-refractivity contribution in [2.75, 3.05) is 14.2 Å². The van der Waals surface area contributed by atoms with Crippen LogP contribution in [0.15, 0.2) is 72.8 Å². The number of carbonyl (C=O) groups is 4. The van der Waals surface area contributed by atoms with Gasteiger partial charge in [0.1, 0.15) is 5.41 Å². The molecule has 0 aliphatic heterocycles. The molecule has 0 saturated carbocycles. The first-order valence-corrected chi connectivity index (χ1v) is 9.74. The zero-order chi connectivity index (χ0) is 23.7. The fourth-order valence-electron chi connectivity index (χ4n) is 3.64. The molecule has 2 rings (SSSR count). The summed E-state index contributed by atoms with van der Waals surface area (Å²) >= 11 is 0. The van der Waals surface area contributed by atoms with Crippen LogP contribution in [-0.2, 0) is 19.1 Å². The predicted molar refractivity (Wildman–Crippen MR) is 115 cm³/mol. The van der Waals surface area contributed by atoms with Gasteiger partial charge in [-0.25, -0.2) is 4.79 Å². The van der Waals surface area contributed by atoms with E-state index in [1.807, 2.05) is 6.07 Å². The maximum atomic E-state index is 13.9. The number of esters is 2. The third-order valence-corrected chi connectivity index (χ3v) is 5.22. The standard InChI is InChI=1S/C25H23NO6/c1-17(23(29)31-2)16-25(20(14-15-26)24(30)32-3,21(27)18-10-6-4-7-11-18)22(28)19-12-8-5-9-13-19/h4-13,20H,1,14,16H2,2-3H3. The Morgan fingerprint density at radius 3 is 1.75 bits per heavy atom.